The topological polar surface area (TPSA) is 117 Å². The molecule has 2 aliphatic rings. The number of sulfonamides is 1. The predicted molar refractivity (Wildman–Crippen MR) is 151 cm³/mol. The number of hydrogen-bond acceptors (Lipinski definition) is 8. The summed E-state index contributed by atoms with van der Waals surface area (Å²) in [7, 11) is -3.20. The molecule has 1 spiro atoms. The molecule has 2 fully saturated rings. The van der Waals surface area contributed by atoms with E-state index in [-0.39, 0.29) is 5.41 Å². The Bertz CT molecular complexity index is 1630. The van der Waals surface area contributed by atoms with Crippen molar-refractivity contribution < 1.29 is 13.2 Å². The van der Waals surface area contributed by atoms with Crippen molar-refractivity contribution in [1.82, 2.24) is 29.5 Å². The molecular formula is C26H27Cl2N7O3S. The zero-order valence-corrected chi connectivity index (χ0v) is 23.9. The summed E-state index contributed by atoms with van der Waals surface area (Å²) in [5.41, 5.74) is 3.01. The molecule has 39 heavy (non-hydrogen) atoms. The number of ether oxygens (including phenoxy) is 1. The van der Waals surface area contributed by atoms with Crippen LogP contribution in [0.1, 0.15) is 32.4 Å². The molecule has 10 nitrogen and oxygen atoms in total. The van der Waals surface area contributed by atoms with E-state index in [1.54, 1.807) is 42.9 Å². The third-order valence-electron chi connectivity index (χ3n) is 7.37. The first-order valence-corrected chi connectivity index (χ1v) is 14.8. The molecule has 0 aliphatic carbocycles. The first-order valence-electron chi connectivity index (χ1n) is 12.6. The number of anilines is 1. The fourth-order valence-corrected chi connectivity index (χ4v) is 7.43. The SMILES string of the molecule is CC(C)S(=O)(=O)N1CC2(CN(c3ncc(-c4n[nH]c5ccc(O[C@H](C)c6c(Cl)cncc6Cl)cc45)cn3)C2)C1. The van der Waals surface area contributed by atoms with Gasteiger partial charge in [-0.3, -0.25) is 10.1 Å². The van der Waals surface area contributed by atoms with Crippen LogP contribution in [0.5, 0.6) is 5.75 Å². The molecule has 0 bridgehead atoms. The molecular weight excluding hydrogens is 561 g/mol. The summed E-state index contributed by atoms with van der Waals surface area (Å²) >= 11 is 12.6. The van der Waals surface area contributed by atoms with Gasteiger partial charge in [0.15, 0.2) is 0 Å². The highest BCUT2D eigenvalue weighted by atomic mass is 35.5. The lowest BCUT2D eigenvalue weighted by atomic mass is 9.74. The van der Waals surface area contributed by atoms with Gasteiger partial charge < -0.3 is 9.64 Å². The van der Waals surface area contributed by atoms with Gasteiger partial charge in [-0.2, -0.15) is 5.10 Å². The summed E-state index contributed by atoms with van der Waals surface area (Å²) in [6.45, 7) is 7.92. The third-order valence-corrected chi connectivity index (χ3v) is 10.1. The predicted octanol–water partition coefficient (Wildman–Crippen LogP) is 4.72. The second-order valence-corrected chi connectivity index (χ2v) is 13.8. The molecule has 2 saturated heterocycles. The molecule has 0 unspecified atom stereocenters. The molecule has 0 saturated carbocycles. The zero-order chi connectivity index (χ0) is 27.5. The van der Waals surface area contributed by atoms with E-state index in [9.17, 15) is 8.42 Å². The molecule has 4 aromatic rings. The van der Waals surface area contributed by atoms with Gasteiger partial charge in [-0.1, -0.05) is 23.2 Å². The number of nitrogens with zero attached hydrogens (tertiary/aromatic N) is 6. The Morgan fingerprint density at radius 1 is 1.00 bits per heavy atom. The van der Waals surface area contributed by atoms with Crippen molar-refractivity contribution >= 4 is 50.1 Å². The third kappa shape index (κ3) is 4.61. The van der Waals surface area contributed by atoms with Crippen LogP contribution in [0.25, 0.3) is 22.2 Å². The van der Waals surface area contributed by atoms with Gasteiger partial charge in [0, 0.05) is 72.9 Å². The van der Waals surface area contributed by atoms with Crippen molar-refractivity contribution in [2.45, 2.75) is 32.1 Å². The minimum atomic E-state index is -3.20. The van der Waals surface area contributed by atoms with Crippen LogP contribution in [0.4, 0.5) is 5.95 Å². The van der Waals surface area contributed by atoms with E-state index >= 15 is 0 Å². The number of hydrogen-bond donors (Lipinski definition) is 1. The number of H-pyrrole nitrogens is 1. The smallest absolute Gasteiger partial charge is 0.225 e. The highest BCUT2D eigenvalue weighted by Crippen LogP contribution is 2.43. The van der Waals surface area contributed by atoms with Crippen LogP contribution in [0.3, 0.4) is 0 Å². The first-order chi connectivity index (χ1) is 18.6. The van der Waals surface area contributed by atoms with Gasteiger partial charge >= 0.3 is 0 Å². The average molecular weight is 589 g/mol. The lowest BCUT2D eigenvalue weighted by Gasteiger charge is -2.59. The minimum Gasteiger partial charge on any atom is -0.486 e. The van der Waals surface area contributed by atoms with Crippen LogP contribution in [0, 0.1) is 5.41 Å². The number of aromatic nitrogens is 5. The van der Waals surface area contributed by atoms with E-state index in [0.717, 1.165) is 29.6 Å². The van der Waals surface area contributed by atoms with Crippen LogP contribution in [-0.4, -0.2) is 69.3 Å². The maximum atomic E-state index is 12.4. The van der Waals surface area contributed by atoms with Crippen LogP contribution in [0.15, 0.2) is 43.0 Å². The second-order valence-electron chi connectivity index (χ2n) is 10.5. The maximum Gasteiger partial charge on any atom is 0.225 e. The Hall–Kier alpha value is -2.99. The lowest BCUT2D eigenvalue weighted by Crippen LogP contribution is -2.73. The number of nitrogens with one attached hydrogen (secondary N) is 1. The van der Waals surface area contributed by atoms with Crippen molar-refractivity contribution in [3.05, 3.63) is 58.6 Å². The van der Waals surface area contributed by atoms with Crippen LogP contribution in [-0.2, 0) is 10.0 Å². The average Bonchev–Trinajstić information content (AvgIpc) is 3.25. The van der Waals surface area contributed by atoms with E-state index < -0.39 is 21.4 Å². The normalized spacial score (nSPS) is 17.8. The van der Waals surface area contributed by atoms with Gasteiger partial charge in [0.2, 0.25) is 16.0 Å². The van der Waals surface area contributed by atoms with Gasteiger partial charge in [-0.05, 0) is 39.0 Å². The number of pyridine rings is 1. The molecule has 2 aliphatic heterocycles. The number of halogens is 2. The summed E-state index contributed by atoms with van der Waals surface area (Å²) in [6.07, 6.45) is 6.21. The largest absolute Gasteiger partial charge is 0.486 e. The maximum absolute atomic E-state index is 12.4. The quantitative estimate of drug-likeness (QED) is 0.330. The van der Waals surface area contributed by atoms with Gasteiger partial charge in [0.05, 0.1) is 20.8 Å². The summed E-state index contributed by atoms with van der Waals surface area (Å²) < 4.78 is 32.5. The summed E-state index contributed by atoms with van der Waals surface area (Å²) in [4.78, 5) is 15.2. The molecule has 3 aromatic heterocycles. The Balaban J connectivity index is 1.15. The van der Waals surface area contributed by atoms with Crippen LogP contribution in [0.2, 0.25) is 10.0 Å². The summed E-state index contributed by atoms with van der Waals surface area (Å²) in [5.74, 6) is 1.26. The summed E-state index contributed by atoms with van der Waals surface area (Å²) in [5, 5.41) is 8.89. The molecule has 1 aromatic carbocycles. The van der Waals surface area contributed by atoms with Gasteiger partial charge in [0.25, 0.3) is 0 Å². The fourth-order valence-electron chi connectivity index (χ4n) is 5.25. The Morgan fingerprint density at radius 2 is 1.67 bits per heavy atom. The van der Waals surface area contributed by atoms with E-state index in [2.05, 4.69) is 30.0 Å². The van der Waals surface area contributed by atoms with Crippen LogP contribution >= 0.6 is 23.2 Å². The van der Waals surface area contributed by atoms with Gasteiger partial charge in [0.1, 0.15) is 17.5 Å². The van der Waals surface area contributed by atoms with E-state index in [4.69, 9.17) is 27.9 Å². The summed E-state index contributed by atoms with van der Waals surface area (Å²) in [6, 6.07) is 5.67. The number of benzene rings is 1. The van der Waals surface area contributed by atoms with Crippen molar-refractivity contribution in [1.29, 1.82) is 0 Å². The highest BCUT2D eigenvalue weighted by Gasteiger charge is 2.56. The van der Waals surface area contributed by atoms with Crippen LogP contribution < -0.4 is 9.64 Å². The number of aromatic amines is 1. The number of fused-ring (bicyclic) bond motifs is 1. The van der Waals surface area contributed by atoms with E-state index in [0.29, 0.717) is 46.1 Å². The monoisotopic (exact) mass is 587 g/mol. The Kier molecular flexibility index (Phi) is 6.45. The van der Waals surface area contributed by atoms with E-state index in [1.807, 2.05) is 25.1 Å². The minimum absolute atomic E-state index is 0.000637. The molecule has 13 heteroatoms. The highest BCUT2D eigenvalue weighted by molar-refractivity contribution is 7.89. The zero-order valence-electron chi connectivity index (χ0n) is 21.6. The first kappa shape index (κ1) is 26.2. The van der Waals surface area contributed by atoms with E-state index in [1.165, 1.54) is 0 Å². The van der Waals surface area contributed by atoms with Gasteiger partial charge in [-0.25, -0.2) is 22.7 Å². The fraction of sp³-hybridized carbons (Fsp3) is 0.385. The Labute approximate surface area is 236 Å². The van der Waals surface area contributed by atoms with Gasteiger partial charge in [-0.15, -0.1) is 0 Å². The molecule has 1 atom stereocenters. The van der Waals surface area contributed by atoms with Crippen molar-refractivity contribution in [2.24, 2.45) is 5.41 Å². The molecule has 5 heterocycles. The standard InChI is InChI=1S/C26H27Cl2N7O3S/c1-15(2)39(36,37)35-13-26(14-35)11-34(12-26)25-30-7-17(8-31-25)24-19-6-18(4-5-22(19)32-33-24)38-16(3)23-20(27)9-29-10-21(23)28/h4-10,15-16H,11-14H2,1-3H3,(H,32,33)/t16-/m1/s1. The molecule has 0 amide bonds. The van der Waals surface area contributed by atoms with Crippen molar-refractivity contribution in [3.8, 4) is 17.0 Å². The Morgan fingerprint density at radius 3 is 2.31 bits per heavy atom. The molecule has 0 radical (unpaired) electrons. The molecule has 204 valence electrons. The molecule has 1 N–H and O–H groups in total. The molecule has 6 rings (SSSR count). The lowest BCUT2D eigenvalue weighted by molar-refractivity contribution is 0.0379. The number of rotatable bonds is 7. The van der Waals surface area contributed by atoms with Crippen molar-refractivity contribution in [2.75, 3.05) is 31.1 Å². The second kappa shape index (κ2) is 9.58. The van der Waals surface area contributed by atoms with Crippen molar-refractivity contribution in [3.63, 3.8) is 0 Å².